The van der Waals surface area contributed by atoms with Crippen LogP contribution in [-0.4, -0.2) is 16.1 Å². The number of aryl methyl sites for hydroxylation is 2. The molecule has 0 heterocycles. The van der Waals surface area contributed by atoms with Crippen LogP contribution in [0.25, 0.3) is 0 Å². The van der Waals surface area contributed by atoms with Crippen LogP contribution in [0.4, 0.5) is 0 Å². The number of hydrogen-bond donors (Lipinski definition) is 1. The van der Waals surface area contributed by atoms with Crippen molar-refractivity contribution in [3.05, 3.63) is 51.6 Å². The van der Waals surface area contributed by atoms with E-state index in [4.69, 9.17) is 0 Å². The van der Waals surface area contributed by atoms with E-state index in [0.29, 0.717) is 5.75 Å². The molecule has 0 amide bonds. The number of phenolic OH excluding ortho intramolecular Hbond substituents is 1. The zero-order valence-corrected chi connectivity index (χ0v) is 29.8. The SMILES string of the molecule is CC1C(C)C2C(C)C(C)C(C)C2C1C.CC1CCCC1.Cc1cccc(C)c1O.O.O.[Ar].[Ar].[CH3-].[CH3-].[CH3-].[Zr+3]. The second kappa shape index (κ2) is 26.0. The van der Waals surface area contributed by atoms with E-state index in [1.54, 1.807) is 0 Å². The summed E-state index contributed by atoms with van der Waals surface area (Å²) >= 11 is 0. The van der Waals surface area contributed by atoms with Gasteiger partial charge in [-0.05, 0) is 78.2 Å². The maximum absolute atomic E-state index is 9.21. The molecule has 1 radical (unpaired) electrons. The average Bonchev–Trinajstić information content (AvgIpc) is 3.32. The second-order valence-electron chi connectivity index (χ2n) is 10.9. The van der Waals surface area contributed by atoms with Crippen molar-refractivity contribution < 1.29 is 118 Å². The Balaban J connectivity index is -0.0000000700. The van der Waals surface area contributed by atoms with Crippen molar-refractivity contribution in [1.29, 1.82) is 0 Å². The zero-order chi connectivity index (χ0) is 21.9. The molecule has 0 saturated heterocycles. The Kier molecular flexibility index (Phi) is 38.9. The summed E-state index contributed by atoms with van der Waals surface area (Å²) in [6, 6.07) is 5.72. The third-order valence-electron chi connectivity index (χ3n) is 9.27. The summed E-state index contributed by atoms with van der Waals surface area (Å²) in [5, 5.41) is 9.21. The number of fused-ring (bicyclic) bond motifs is 1. The molecule has 3 aliphatic rings. The minimum Gasteiger partial charge on any atom is -0.507 e. The summed E-state index contributed by atoms with van der Waals surface area (Å²) in [4.78, 5) is 0. The van der Waals surface area contributed by atoms with E-state index in [2.05, 4.69) is 48.5 Å². The van der Waals surface area contributed by atoms with Crippen LogP contribution in [0.15, 0.2) is 18.2 Å². The number of para-hydroxylation sites is 1. The van der Waals surface area contributed by atoms with Gasteiger partial charge >= 0.3 is 26.2 Å². The molecular weight excluding hydrogens is 591 g/mol. The minimum absolute atomic E-state index is 0. The van der Waals surface area contributed by atoms with Crippen LogP contribution in [0.2, 0.25) is 0 Å². The fourth-order valence-corrected chi connectivity index (χ4v) is 6.66. The van der Waals surface area contributed by atoms with Crippen LogP contribution in [-0.2, 0) is 26.2 Å². The molecule has 4 atom stereocenters. The van der Waals surface area contributed by atoms with Gasteiger partial charge in [-0.25, -0.2) is 0 Å². The quantitative estimate of drug-likeness (QED) is 0.284. The molecule has 3 nitrogen and oxygen atoms in total. The van der Waals surface area contributed by atoms with Crippen LogP contribution in [0.1, 0.15) is 85.3 Å². The first-order chi connectivity index (χ1) is 13.6. The normalized spacial score (nSPS) is 30.3. The maximum atomic E-state index is 9.21. The van der Waals surface area contributed by atoms with E-state index in [1.165, 1.54) is 25.7 Å². The molecule has 37 heavy (non-hydrogen) atoms. The summed E-state index contributed by atoms with van der Waals surface area (Å²) in [5.41, 5.74) is 1.88. The molecule has 6 heteroatoms. The monoisotopic (exact) mass is 651 g/mol. The van der Waals surface area contributed by atoms with E-state index in [-0.39, 0.29) is 135 Å². The summed E-state index contributed by atoms with van der Waals surface area (Å²) < 4.78 is 0. The smallest absolute Gasteiger partial charge is 0.507 e. The van der Waals surface area contributed by atoms with Gasteiger partial charge in [0, 0.05) is 75.5 Å². The summed E-state index contributed by atoms with van der Waals surface area (Å²) in [7, 11) is 0. The number of rotatable bonds is 0. The molecular formula is C31H61Ar2O3Zr. The Morgan fingerprint density at radius 3 is 1.05 bits per heavy atom. The molecule has 1 aromatic rings. The molecule has 223 valence electrons. The Labute approximate surface area is 312 Å². The predicted molar refractivity (Wildman–Crippen MR) is 154 cm³/mol. The first-order valence-electron chi connectivity index (χ1n) is 12.3. The topological polar surface area (TPSA) is 83.2 Å². The van der Waals surface area contributed by atoms with Crippen LogP contribution in [0.3, 0.4) is 0 Å². The number of phenols is 1. The molecule has 0 aliphatic heterocycles. The Morgan fingerprint density at radius 2 is 0.865 bits per heavy atom. The van der Waals surface area contributed by atoms with Gasteiger partial charge in [-0.1, -0.05) is 92.3 Å². The van der Waals surface area contributed by atoms with Crippen molar-refractivity contribution in [3.63, 3.8) is 0 Å². The largest absolute Gasteiger partial charge is 3.00 e. The van der Waals surface area contributed by atoms with Gasteiger partial charge in [0.2, 0.25) is 0 Å². The van der Waals surface area contributed by atoms with Gasteiger partial charge in [-0.15, -0.1) is 0 Å². The van der Waals surface area contributed by atoms with Gasteiger partial charge < -0.3 is 38.3 Å². The third-order valence-corrected chi connectivity index (χ3v) is 9.27. The van der Waals surface area contributed by atoms with Crippen molar-refractivity contribution in [1.82, 2.24) is 0 Å². The summed E-state index contributed by atoms with van der Waals surface area (Å²) in [6.07, 6.45) is 5.95. The number of aromatic hydroxyl groups is 1. The molecule has 5 N–H and O–H groups in total. The van der Waals surface area contributed by atoms with Crippen LogP contribution in [0.5, 0.6) is 5.75 Å². The van der Waals surface area contributed by atoms with Gasteiger partial charge in [0.15, 0.2) is 0 Å². The molecule has 0 bridgehead atoms. The molecule has 4 unspecified atom stereocenters. The van der Waals surface area contributed by atoms with Crippen LogP contribution >= 0.6 is 0 Å². The Morgan fingerprint density at radius 1 is 0.595 bits per heavy atom. The average molecular weight is 653 g/mol. The summed E-state index contributed by atoms with van der Waals surface area (Å²) in [5.74, 6) is 9.21. The first-order valence-corrected chi connectivity index (χ1v) is 12.3. The van der Waals surface area contributed by atoms with Gasteiger partial charge in [0.25, 0.3) is 0 Å². The van der Waals surface area contributed by atoms with Crippen LogP contribution in [0, 0.1) is 165 Å². The molecule has 4 rings (SSSR count). The van der Waals surface area contributed by atoms with Crippen LogP contribution < -0.4 is 0 Å². The molecule has 0 aromatic heterocycles. The van der Waals surface area contributed by atoms with Crippen molar-refractivity contribution in [2.75, 3.05) is 0 Å². The molecule has 0 spiro atoms. The Bertz CT molecular complexity index is 591. The second-order valence-corrected chi connectivity index (χ2v) is 10.9. The van der Waals surface area contributed by atoms with Crippen molar-refractivity contribution >= 4 is 0 Å². The van der Waals surface area contributed by atoms with E-state index >= 15 is 0 Å². The van der Waals surface area contributed by atoms with Crippen molar-refractivity contribution in [3.8, 4) is 5.75 Å². The van der Waals surface area contributed by atoms with Gasteiger partial charge in [0.05, 0.1) is 0 Å². The molecule has 3 fully saturated rings. The molecule has 3 saturated carbocycles. The first kappa shape index (κ1) is 55.3. The molecule has 3 aliphatic carbocycles. The minimum atomic E-state index is 0. The van der Waals surface area contributed by atoms with Gasteiger partial charge in [0.1, 0.15) is 5.75 Å². The van der Waals surface area contributed by atoms with Crippen molar-refractivity contribution in [2.45, 2.75) is 88.0 Å². The Hall–Kier alpha value is 2.34. The van der Waals surface area contributed by atoms with E-state index in [1.807, 2.05) is 32.0 Å². The number of benzene rings is 1. The molecule has 1 aromatic carbocycles. The fourth-order valence-electron chi connectivity index (χ4n) is 6.66. The predicted octanol–water partition coefficient (Wildman–Crippen LogP) is 7.97. The summed E-state index contributed by atoms with van der Waals surface area (Å²) in [6.45, 7) is 21.0. The van der Waals surface area contributed by atoms with Gasteiger partial charge in [-0.3, -0.25) is 0 Å². The van der Waals surface area contributed by atoms with Crippen molar-refractivity contribution in [2.24, 2.45) is 53.3 Å². The zero-order valence-electron chi connectivity index (χ0n) is 25.9. The van der Waals surface area contributed by atoms with Gasteiger partial charge in [-0.2, -0.15) is 0 Å². The fraction of sp³-hybridized carbons (Fsp3) is 0.710. The third kappa shape index (κ3) is 14.4. The maximum Gasteiger partial charge on any atom is 3.00 e. The van der Waals surface area contributed by atoms with E-state index in [9.17, 15) is 5.11 Å². The standard InChI is InChI=1S/C14H26.C8H10O.C6H12.3CH3.2Ar.2H2O.Zr/c1-7-9(3)13-11(5)8(2)12(6)14(13)10(7)4;1-6-4-3-5-7(2)8(6)9;1-6-4-2-3-5-6;;;;;;;;/h7-14H,1-6H3;3-5,9H,1-2H3;6H,2-5H2,1H3;3*1H3;;;2*1H2;/q;;;3*-1;;;;;+3. The van der Waals surface area contributed by atoms with E-state index in [0.717, 1.165) is 64.4 Å². The van der Waals surface area contributed by atoms with E-state index < -0.39 is 0 Å². The number of hydrogen-bond acceptors (Lipinski definition) is 1.